The van der Waals surface area contributed by atoms with E-state index in [0.717, 1.165) is 17.3 Å². The number of anilines is 1. The summed E-state index contributed by atoms with van der Waals surface area (Å²) in [4.78, 5) is 4.87. The second kappa shape index (κ2) is 4.66. The molecule has 106 valence electrons. The Kier molecular flexibility index (Phi) is 2.78. The van der Waals surface area contributed by atoms with Crippen molar-refractivity contribution in [2.45, 2.75) is 44.1 Å². The lowest BCUT2D eigenvalue weighted by atomic mass is 10.0. The molecule has 3 nitrogen and oxygen atoms in total. The number of nitrogens with zero attached hydrogens (tertiary/aromatic N) is 2. The minimum Gasteiger partial charge on any atom is -0.383 e. The molecule has 2 aliphatic carbocycles. The summed E-state index contributed by atoms with van der Waals surface area (Å²) in [6.07, 6.45) is 10.4. The number of hydrogen-bond acceptors (Lipinski definition) is 2. The smallest absolute Gasteiger partial charge is 0.132 e. The molecule has 3 heteroatoms. The van der Waals surface area contributed by atoms with Crippen molar-refractivity contribution in [1.29, 1.82) is 0 Å². The normalized spacial score (nSPS) is 17.7. The first-order chi connectivity index (χ1) is 10.3. The van der Waals surface area contributed by atoms with Crippen LogP contribution in [0.15, 0.2) is 24.3 Å². The Balaban J connectivity index is 1.85. The summed E-state index contributed by atoms with van der Waals surface area (Å²) in [6, 6.07) is 8.53. The zero-order valence-electron chi connectivity index (χ0n) is 12.0. The van der Waals surface area contributed by atoms with E-state index in [1.165, 1.54) is 36.8 Å². The second-order valence-electron chi connectivity index (χ2n) is 6.13. The van der Waals surface area contributed by atoms with Crippen LogP contribution in [0.5, 0.6) is 0 Å². The zero-order valence-corrected chi connectivity index (χ0v) is 12.0. The lowest BCUT2D eigenvalue weighted by molar-refractivity contribution is 0.762. The summed E-state index contributed by atoms with van der Waals surface area (Å²) in [5.41, 5.74) is 9.88. The predicted molar refractivity (Wildman–Crippen MR) is 84.9 cm³/mol. The highest BCUT2D eigenvalue weighted by atomic mass is 15.1. The molecule has 0 atom stereocenters. The Morgan fingerprint density at radius 3 is 2.57 bits per heavy atom. The molecule has 1 aromatic heterocycles. The van der Waals surface area contributed by atoms with E-state index < -0.39 is 0 Å². The summed E-state index contributed by atoms with van der Waals surface area (Å²) in [5.74, 6) is 5.73. The average molecular weight is 277 g/mol. The molecular weight excluding hydrogens is 258 g/mol. The highest BCUT2D eigenvalue weighted by Crippen LogP contribution is 2.47. The van der Waals surface area contributed by atoms with Crippen molar-refractivity contribution in [2.24, 2.45) is 0 Å². The Labute approximate surface area is 125 Å². The number of rotatable bonds is 4. The topological polar surface area (TPSA) is 43.8 Å². The molecule has 0 radical (unpaired) electrons. The number of benzene rings is 1. The maximum Gasteiger partial charge on any atom is 0.132 e. The van der Waals surface area contributed by atoms with Crippen molar-refractivity contribution >= 4 is 5.82 Å². The third-order valence-electron chi connectivity index (χ3n) is 4.46. The van der Waals surface area contributed by atoms with Gasteiger partial charge in [-0.15, -0.1) is 6.42 Å². The van der Waals surface area contributed by atoms with Gasteiger partial charge < -0.3 is 10.3 Å². The Hall–Kier alpha value is -2.21. The van der Waals surface area contributed by atoms with Gasteiger partial charge in [0.1, 0.15) is 17.3 Å². The van der Waals surface area contributed by atoms with Crippen molar-refractivity contribution in [3.05, 3.63) is 35.7 Å². The number of aromatic nitrogens is 2. The van der Waals surface area contributed by atoms with E-state index in [0.29, 0.717) is 18.4 Å². The van der Waals surface area contributed by atoms with E-state index in [9.17, 15) is 0 Å². The molecule has 2 fully saturated rings. The van der Waals surface area contributed by atoms with Crippen molar-refractivity contribution in [3.8, 4) is 23.6 Å². The van der Waals surface area contributed by atoms with Crippen LogP contribution in [0.25, 0.3) is 11.3 Å². The van der Waals surface area contributed by atoms with E-state index in [1.54, 1.807) is 0 Å². The van der Waals surface area contributed by atoms with E-state index in [-0.39, 0.29) is 0 Å². The SMILES string of the molecule is C#CCn1c(C2CC2)nc(-c2ccccc2C2CC2)c1N. The van der Waals surface area contributed by atoms with Crippen LogP contribution >= 0.6 is 0 Å². The van der Waals surface area contributed by atoms with E-state index in [4.69, 9.17) is 17.1 Å². The van der Waals surface area contributed by atoms with Crippen LogP contribution < -0.4 is 5.73 Å². The minimum atomic E-state index is 0.510. The van der Waals surface area contributed by atoms with Gasteiger partial charge in [-0.2, -0.15) is 0 Å². The van der Waals surface area contributed by atoms with Gasteiger partial charge >= 0.3 is 0 Å². The molecule has 0 aliphatic heterocycles. The molecule has 2 aromatic rings. The van der Waals surface area contributed by atoms with Crippen LogP contribution in [0.1, 0.15) is 48.9 Å². The first kappa shape index (κ1) is 12.5. The number of nitrogens with two attached hydrogens (primary N) is 1. The highest BCUT2D eigenvalue weighted by molar-refractivity contribution is 5.75. The molecule has 21 heavy (non-hydrogen) atoms. The van der Waals surface area contributed by atoms with Gasteiger partial charge in [-0.25, -0.2) is 4.98 Å². The fourth-order valence-electron chi connectivity index (χ4n) is 3.06. The quantitative estimate of drug-likeness (QED) is 0.869. The Bertz CT molecular complexity index is 727. The fraction of sp³-hybridized carbons (Fsp3) is 0.389. The van der Waals surface area contributed by atoms with Crippen LogP contribution in [-0.4, -0.2) is 9.55 Å². The molecule has 2 saturated carbocycles. The summed E-state index contributed by atoms with van der Waals surface area (Å²) in [7, 11) is 0. The van der Waals surface area contributed by atoms with E-state index in [2.05, 4.69) is 30.2 Å². The second-order valence-corrected chi connectivity index (χ2v) is 6.13. The van der Waals surface area contributed by atoms with Crippen molar-refractivity contribution < 1.29 is 0 Å². The van der Waals surface area contributed by atoms with Crippen LogP contribution in [0.2, 0.25) is 0 Å². The third-order valence-corrected chi connectivity index (χ3v) is 4.46. The standard InChI is InChI=1S/C18H19N3/c1-2-11-21-17(19)16(20-18(21)13-9-10-13)15-6-4-3-5-14(15)12-7-8-12/h1,3-6,12-13H,7-11,19H2. The van der Waals surface area contributed by atoms with Gasteiger partial charge in [-0.05, 0) is 37.2 Å². The predicted octanol–water partition coefficient (Wildman–Crippen LogP) is 3.52. The molecule has 0 saturated heterocycles. The summed E-state index contributed by atoms with van der Waals surface area (Å²) in [6.45, 7) is 0.510. The van der Waals surface area contributed by atoms with Crippen LogP contribution in [0.4, 0.5) is 5.82 Å². The van der Waals surface area contributed by atoms with Crippen LogP contribution in [-0.2, 0) is 6.54 Å². The molecule has 0 bridgehead atoms. The van der Waals surface area contributed by atoms with Crippen molar-refractivity contribution in [2.75, 3.05) is 5.73 Å². The van der Waals surface area contributed by atoms with Gasteiger partial charge in [0.25, 0.3) is 0 Å². The third kappa shape index (κ3) is 2.12. The van der Waals surface area contributed by atoms with Gasteiger partial charge in [-0.3, -0.25) is 0 Å². The lowest BCUT2D eigenvalue weighted by Crippen LogP contribution is -2.05. The first-order valence-electron chi connectivity index (χ1n) is 7.68. The molecule has 4 rings (SSSR count). The summed E-state index contributed by atoms with van der Waals surface area (Å²) < 4.78 is 2.02. The maximum absolute atomic E-state index is 6.38. The number of hydrogen-bond donors (Lipinski definition) is 1. The van der Waals surface area contributed by atoms with Gasteiger partial charge in [0, 0.05) is 11.5 Å². The molecule has 0 unspecified atom stereocenters. The molecule has 2 N–H and O–H groups in total. The Morgan fingerprint density at radius 2 is 1.90 bits per heavy atom. The molecule has 0 amide bonds. The van der Waals surface area contributed by atoms with Gasteiger partial charge in [-0.1, -0.05) is 30.2 Å². The monoisotopic (exact) mass is 277 g/mol. The van der Waals surface area contributed by atoms with Crippen molar-refractivity contribution in [3.63, 3.8) is 0 Å². The molecule has 0 spiro atoms. The first-order valence-corrected chi connectivity index (χ1v) is 7.68. The largest absolute Gasteiger partial charge is 0.383 e. The average Bonchev–Trinajstić information content (AvgIpc) is 3.39. The lowest BCUT2D eigenvalue weighted by Gasteiger charge is -2.08. The minimum absolute atomic E-state index is 0.510. The van der Waals surface area contributed by atoms with Gasteiger partial charge in [0.15, 0.2) is 0 Å². The maximum atomic E-state index is 6.38. The van der Waals surface area contributed by atoms with Gasteiger partial charge in [0.05, 0.1) is 6.54 Å². The van der Waals surface area contributed by atoms with Crippen molar-refractivity contribution in [1.82, 2.24) is 9.55 Å². The number of imidazole rings is 1. The van der Waals surface area contributed by atoms with E-state index in [1.807, 2.05) is 4.57 Å². The molecular formula is C18H19N3. The fourth-order valence-corrected chi connectivity index (χ4v) is 3.06. The molecule has 1 heterocycles. The zero-order chi connectivity index (χ0) is 14.4. The van der Waals surface area contributed by atoms with E-state index >= 15 is 0 Å². The highest BCUT2D eigenvalue weighted by Gasteiger charge is 2.32. The molecule has 2 aliphatic rings. The van der Waals surface area contributed by atoms with Crippen LogP contribution in [0.3, 0.4) is 0 Å². The number of nitrogen functional groups attached to an aromatic ring is 1. The van der Waals surface area contributed by atoms with Crippen LogP contribution in [0, 0.1) is 12.3 Å². The molecule has 1 aromatic carbocycles. The Morgan fingerprint density at radius 1 is 1.19 bits per heavy atom. The summed E-state index contributed by atoms with van der Waals surface area (Å²) >= 11 is 0. The number of terminal acetylenes is 1. The van der Waals surface area contributed by atoms with Gasteiger partial charge in [0.2, 0.25) is 0 Å². The summed E-state index contributed by atoms with van der Waals surface area (Å²) in [5, 5.41) is 0.